The van der Waals surface area contributed by atoms with E-state index in [-0.39, 0.29) is 18.6 Å². The highest BCUT2D eigenvalue weighted by Crippen LogP contribution is 2.28. The monoisotopic (exact) mass is 348 g/mol. The molecule has 0 bridgehead atoms. The molecule has 0 fully saturated rings. The number of amides is 1. The quantitative estimate of drug-likeness (QED) is 0.802. The molecule has 0 aliphatic carbocycles. The van der Waals surface area contributed by atoms with Crippen LogP contribution in [-0.2, 0) is 22.7 Å². The zero-order chi connectivity index (χ0) is 18.0. The van der Waals surface area contributed by atoms with Crippen molar-refractivity contribution in [2.24, 2.45) is 0 Å². The smallest absolute Gasteiger partial charge is 0.248 e. The van der Waals surface area contributed by atoms with Crippen LogP contribution in [0, 0.1) is 5.82 Å². The minimum atomic E-state index is -0.457. The second-order valence-corrected chi connectivity index (χ2v) is 6.11. The Bertz CT molecular complexity index is 746. The van der Waals surface area contributed by atoms with Gasteiger partial charge in [0.15, 0.2) is 5.82 Å². The maximum absolute atomic E-state index is 13.0. The molecule has 0 saturated carbocycles. The van der Waals surface area contributed by atoms with E-state index in [0.29, 0.717) is 25.6 Å². The lowest BCUT2D eigenvalue weighted by Crippen LogP contribution is -2.38. The van der Waals surface area contributed by atoms with E-state index in [4.69, 9.17) is 4.74 Å². The van der Waals surface area contributed by atoms with Crippen LogP contribution in [0.1, 0.15) is 24.5 Å². The third kappa shape index (κ3) is 3.60. The summed E-state index contributed by atoms with van der Waals surface area (Å²) in [6.07, 6.45) is 4.09. The van der Waals surface area contributed by atoms with E-state index in [9.17, 15) is 9.18 Å². The Morgan fingerprint density at radius 3 is 2.68 bits per heavy atom. The van der Waals surface area contributed by atoms with Crippen LogP contribution in [0.15, 0.2) is 18.6 Å². The first-order valence-corrected chi connectivity index (χ1v) is 8.03. The molecule has 0 aromatic carbocycles. The number of rotatable bonds is 5. The number of aromatic nitrogens is 4. The number of carbonyl (C=O) groups excluding carboxylic acids is 1. The Hall–Kier alpha value is -2.55. The summed E-state index contributed by atoms with van der Waals surface area (Å²) < 4.78 is 20.6. The molecule has 134 valence electrons. The van der Waals surface area contributed by atoms with Crippen molar-refractivity contribution in [3.63, 3.8) is 0 Å². The molecule has 2 aromatic rings. The van der Waals surface area contributed by atoms with Crippen LogP contribution in [0.3, 0.4) is 0 Å². The number of ether oxygens (including phenoxy) is 1. The average molecular weight is 348 g/mol. The Labute approximate surface area is 145 Å². The van der Waals surface area contributed by atoms with Gasteiger partial charge in [-0.3, -0.25) is 4.79 Å². The minimum absolute atomic E-state index is 0.0403. The number of fused-ring (bicyclic) bond motifs is 1. The van der Waals surface area contributed by atoms with Gasteiger partial charge in [0.1, 0.15) is 12.4 Å². The SMILES string of the molecule is C[C@H]1c2ncc(COCC(=O)N(C)C)n2CCN1c1ncc(F)cn1. The molecule has 2 aromatic heterocycles. The predicted molar refractivity (Wildman–Crippen MR) is 88.3 cm³/mol. The van der Waals surface area contributed by atoms with Gasteiger partial charge >= 0.3 is 0 Å². The van der Waals surface area contributed by atoms with Crippen LogP contribution in [0.2, 0.25) is 0 Å². The first-order valence-electron chi connectivity index (χ1n) is 8.03. The summed E-state index contributed by atoms with van der Waals surface area (Å²) in [5.41, 5.74) is 0.924. The Balaban J connectivity index is 1.69. The summed E-state index contributed by atoms with van der Waals surface area (Å²) in [6, 6.07) is -0.0450. The molecule has 0 saturated heterocycles. The van der Waals surface area contributed by atoms with E-state index in [2.05, 4.69) is 19.5 Å². The maximum Gasteiger partial charge on any atom is 0.248 e. The number of likely N-dealkylation sites (N-methyl/N-ethyl adjacent to an activating group) is 1. The lowest BCUT2D eigenvalue weighted by molar-refractivity contribution is -0.134. The van der Waals surface area contributed by atoms with E-state index in [1.807, 2.05) is 11.8 Å². The van der Waals surface area contributed by atoms with Gasteiger partial charge in [-0.1, -0.05) is 0 Å². The van der Waals surface area contributed by atoms with Crippen molar-refractivity contribution in [3.05, 3.63) is 35.9 Å². The highest BCUT2D eigenvalue weighted by Gasteiger charge is 2.28. The van der Waals surface area contributed by atoms with E-state index >= 15 is 0 Å². The molecular weight excluding hydrogens is 327 g/mol. The van der Waals surface area contributed by atoms with Gasteiger partial charge in [-0.2, -0.15) is 0 Å². The summed E-state index contributed by atoms with van der Waals surface area (Å²) in [6.45, 7) is 3.75. The molecule has 1 atom stereocenters. The number of hydrogen-bond acceptors (Lipinski definition) is 6. The number of nitrogens with zero attached hydrogens (tertiary/aromatic N) is 6. The molecule has 25 heavy (non-hydrogen) atoms. The fourth-order valence-corrected chi connectivity index (χ4v) is 2.77. The van der Waals surface area contributed by atoms with Crippen LogP contribution < -0.4 is 4.90 Å². The molecular formula is C16H21FN6O2. The van der Waals surface area contributed by atoms with Gasteiger partial charge in [0.25, 0.3) is 0 Å². The molecule has 8 nitrogen and oxygen atoms in total. The van der Waals surface area contributed by atoms with E-state index < -0.39 is 5.82 Å². The van der Waals surface area contributed by atoms with Crippen LogP contribution in [-0.4, -0.2) is 57.6 Å². The highest BCUT2D eigenvalue weighted by atomic mass is 19.1. The standard InChI is InChI=1S/C16H21FN6O2/c1-11-15-18-8-13(9-25-10-14(24)21(2)3)23(15)5-4-22(11)16-19-6-12(17)7-20-16/h6-8,11H,4-5,9-10H2,1-3H3/t11-/m0/s1. The van der Waals surface area contributed by atoms with Gasteiger partial charge in [-0.05, 0) is 6.92 Å². The van der Waals surface area contributed by atoms with Crippen molar-refractivity contribution in [3.8, 4) is 0 Å². The number of halogens is 1. The van der Waals surface area contributed by atoms with Crippen molar-refractivity contribution in [2.75, 3.05) is 32.1 Å². The lowest BCUT2D eigenvalue weighted by atomic mass is 10.2. The summed E-state index contributed by atoms with van der Waals surface area (Å²) >= 11 is 0. The van der Waals surface area contributed by atoms with Gasteiger partial charge in [-0.15, -0.1) is 0 Å². The van der Waals surface area contributed by atoms with E-state index in [1.54, 1.807) is 20.3 Å². The normalized spacial score (nSPS) is 16.6. The number of imidazole rings is 1. The van der Waals surface area contributed by atoms with Crippen molar-refractivity contribution in [2.45, 2.75) is 26.1 Å². The first-order chi connectivity index (χ1) is 12.0. The molecule has 1 aliphatic heterocycles. The summed E-state index contributed by atoms with van der Waals surface area (Å²) in [5, 5.41) is 0. The molecule has 0 N–H and O–H groups in total. The Morgan fingerprint density at radius 1 is 1.28 bits per heavy atom. The number of carbonyl (C=O) groups is 1. The highest BCUT2D eigenvalue weighted by molar-refractivity contribution is 5.76. The number of anilines is 1. The van der Waals surface area contributed by atoms with Crippen molar-refractivity contribution < 1.29 is 13.9 Å². The summed E-state index contributed by atoms with van der Waals surface area (Å²) in [5.74, 6) is 0.822. The second-order valence-electron chi connectivity index (χ2n) is 6.11. The van der Waals surface area contributed by atoms with Crippen LogP contribution >= 0.6 is 0 Å². The zero-order valence-electron chi connectivity index (χ0n) is 14.5. The van der Waals surface area contributed by atoms with Crippen LogP contribution in [0.25, 0.3) is 0 Å². The Kier molecular flexibility index (Phi) is 4.93. The topological polar surface area (TPSA) is 76.4 Å². The van der Waals surface area contributed by atoms with E-state index in [0.717, 1.165) is 23.9 Å². The van der Waals surface area contributed by atoms with Gasteiger partial charge in [0, 0.05) is 27.2 Å². The average Bonchev–Trinajstić information content (AvgIpc) is 3.00. The maximum atomic E-state index is 13.0. The lowest BCUT2D eigenvalue weighted by Gasteiger charge is -2.34. The molecule has 1 aliphatic rings. The van der Waals surface area contributed by atoms with Crippen molar-refractivity contribution in [1.29, 1.82) is 0 Å². The zero-order valence-corrected chi connectivity index (χ0v) is 14.5. The fraction of sp³-hybridized carbons (Fsp3) is 0.500. The molecule has 0 unspecified atom stereocenters. The molecule has 3 rings (SSSR count). The summed E-state index contributed by atoms with van der Waals surface area (Å²) in [4.78, 5) is 27.6. The van der Waals surface area contributed by atoms with Crippen LogP contribution in [0.4, 0.5) is 10.3 Å². The van der Waals surface area contributed by atoms with Gasteiger partial charge in [0.2, 0.25) is 11.9 Å². The first kappa shape index (κ1) is 17.3. The van der Waals surface area contributed by atoms with Gasteiger partial charge < -0.3 is 19.1 Å². The van der Waals surface area contributed by atoms with Gasteiger partial charge in [0.05, 0.1) is 36.9 Å². The Morgan fingerprint density at radius 2 is 2.00 bits per heavy atom. The van der Waals surface area contributed by atoms with Crippen molar-refractivity contribution in [1.82, 2.24) is 24.4 Å². The van der Waals surface area contributed by atoms with Crippen molar-refractivity contribution >= 4 is 11.9 Å². The third-order valence-corrected chi connectivity index (χ3v) is 4.21. The molecule has 9 heteroatoms. The minimum Gasteiger partial charge on any atom is -0.365 e. The second kappa shape index (κ2) is 7.14. The largest absolute Gasteiger partial charge is 0.365 e. The van der Waals surface area contributed by atoms with E-state index in [1.165, 1.54) is 4.90 Å². The predicted octanol–water partition coefficient (Wildman–Crippen LogP) is 0.998. The third-order valence-electron chi connectivity index (χ3n) is 4.21. The summed E-state index contributed by atoms with van der Waals surface area (Å²) in [7, 11) is 3.39. The fourth-order valence-electron chi connectivity index (χ4n) is 2.77. The molecule has 0 radical (unpaired) electrons. The number of hydrogen-bond donors (Lipinski definition) is 0. The molecule has 3 heterocycles. The molecule has 1 amide bonds. The van der Waals surface area contributed by atoms with Gasteiger partial charge in [-0.25, -0.2) is 19.3 Å². The van der Waals surface area contributed by atoms with Crippen LogP contribution in [0.5, 0.6) is 0 Å². The molecule has 0 spiro atoms.